The van der Waals surface area contributed by atoms with Crippen molar-refractivity contribution in [1.29, 1.82) is 0 Å². The number of sulfonamides is 1. The van der Waals surface area contributed by atoms with Crippen LogP contribution in [0.4, 0.5) is 0 Å². The summed E-state index contributed by atoms with van der Waals surface area (Å²) in [6.45, 7) is 0.203. The van der Waals surface area contributed by atoms with Gasteiger partial charge in [-0.1, -0.05) is 0 Å². The lowest BCUT2D eigenvalue weighted by molar-refractivity contribution is -0.137. The van der Waals surface area contributed by atoms with E-state index >= 15 is 0 Å². The Balaban J connectivity index is 2.19. The Morgan fingerprint density at radius 1 is 1.45 bits per heavy atom. The van der Waals surface area contributed by atoms with Crippen LogP contribution in [0.25, 0.3) is 0 Å². The number of aromatic nitrogens is 1. The molecule has 0 bridgehead atoms. The largest absolute Gasteiger partial charge is 0.325 e. The SMILES string of the molecule is CN1C(=O)CC(NS(=O)(=O)c2ccc(CN)nc2)C1=O. The Labute approximate surface area is 116 Å². The third-order valence-electron chi connectivity index (χ3n) is 3.00. The van der Waals surface area contributed by atoms with Crippen LogP contribution in [0, 0.1) is 0 Å². The normalized spacial score (nSPS) is 19.7. The van der Waals surface area contributed by atoms with Crippen LogP contribution in [0.2, 0.25) is 0 Å². The van der Waals surface area contributed by atoms with Gasteiger partial charge in [-0.05, 0) is 12.1 Å². The van der Waals surface area contributed by atoms with Crippen LogP contribution in [-0.2, 0) is 26.2 Å². The highest BCUT2D eigenvalue weighted by molar-refractivity contribution is 7.89. The number of pyridine rings is 1. The van der Waals surface area contributed by atoms with Gasteiger partial charge < -0.3 is 5.73 Å². The maximum absolute atomic E-state index is 12.1. The Kier molecular flexibility index (Phi) is 3.84. The fourth-order valence-corrected chi connectivity index (χ4v) is 2.93. The van der Waals surface area contributed by atoms with Crippen LogP contribution in [0.15, 0.2) is 23.2 Å². The van der Waals surface area contributed by atoms with Gasteiger partial charge >= 0.3 is 0 Å². The van der Waals surface area contributed by atoms with Crippen molar-refractivity contribution >= 4 is 21.8 Å². The maximum Gasteiger partial charge on any atom is 0.247 e. The molecule has 1 unspecified atom stereocenters. The number of hydrogen-bond acceptors (Lipinski definition) is 6. The Bertz CT molecular complexity index is 641. The van der Waals surface area contributed by atoms with Gasteiger partial charge in [0.15, 0.2) is 0 Å². The highest BCUT2D eigenvalue weighted by Crippen LogP contribution is 2.15. The minimum atomic E-state index is -3.90. The summed E-state index contributed by atoms with van der Waals surface area (Å²) in [7, 11) is -2.59. The molecule has 1 aliphatic heterocycles. The Morgan fingerprint density at radius 2 is 2.15 bits per heavy atom. The smallest absolute Gasteiger partial charge is 0.247 e. The van der Waals surface area contributed by atoms with Crippen molar-refractivity contribution < 1.29 is 18.0 Å². The number of likely N-dealkylation sites (N-methyl/N-ethyl adjacent to an activating group) is 1. The van der Waals surface area contributed by atoms with Gasteiger partial charge in [0.1, 0.15) is 10.9 Å². The molecule has 108 valence electrons. The summed E-state index contributed by atoms with van der Waals surface area (Å²) in [6, 6.07) is 1.77. The molecule has 20 heavy (non-hydrogen) atoms. The molecule has 2 heterocycles. The molecular weight excluding hydrogens is 284 g/mol. The molecule has 3 N–H and O–H groups in total. The van der Waals surface area contributed by atoms with Gasteiger partial charge in [-0.2, -0.15) is 4.72 Å². The molecule has 9 heteroatoms. The van der Waals surface area contributed by atoms with Crippen molar-refractivity contribution in [2.75, 3.05) is 7.05 Å². The first kappa shape index (κ1) is 14.6. The fraction of sp³-hybridized carbons (Fsp3) is 0.364. The quantitative estimate of drug-likeness (QED) is 0.657. The number of carbonyl (C=O) groups is 2. The van der Waals surface area contributed by atoms with E-state index in [1.54, 1.807) is 0 Å². The molecule has 0 aromatic carbocycles. The van der Waals surface area contributed by atoms with E-state index in [0.717, 1.165) is 11.1 Å². The van der Waals surface area contributed by atoms with Gasteiger partial charge in [-0.15, -0.1) is 0 Å². The zero-order chi connectivity index (χ0) is 14.9. The summed E-state index contributed by atoms with van der Waals surface area (Å²) in [6.07, 6.45) is 0.984. The number of nitrogens with one attached hydrogen (secondary N) is 1. The van der Waals surface area contributed by atoms with E-state index in [2.05, 4.69) is 9.71 Å². The van der Waals surface area contributed by atoms with Crippen LogP contribution >= 0.6 is 0 Å². The third kappa shape index (κ3) is 2.69. The molecule has 0 radical (unpaired) electrons. The molecule has 8 nitrogen and oxygen atoms in total. The van der Waals surface area contributed by atoms with E-state index in [1.165, 1.54) is 19.2 Å². The second-order valence-electron chi connectivity index (χ2n) is 4.36. The van der Waals surface area contributed by atoms with E-state index in [0.29, 0.717) is 5.69 Å². The topological polar surface area (TPSA) is 122 Å². The summed E-state index contributed by atoms with van der Waals surface area (Å²) in [4.78, 5) is 27.7. The first-order valence-electron chi connectivity index (χ1n) is 5.83. The summed E-state index contributed by atoms with van der Waals surface area (Å²) in [5.41, 5.74) is 5.93. The molecule has 1 fully saturated rings. The lowest BCUT2D eigenvalue weighted by Crippen LogP contribution is -2.40. The average Bonchev–Trinajstić information content (AvgIpc) is 2.66. The zero-order valence-corrected chi connectivity index (χ0v) is 11.6. The van der Waals surface area contributed by atoms with Crippen LogP contribution in [0.1, 0.15) is 12.1 Å². The lowest BCUT2D eigenvalue weighted by atomic mass is 10.3. The highest BCUT2D eigenvalue weighted by atomic mass is 32.2. The first-order chi connectivity index (χ1) is 9.35. The van der Waals surface area contributed by atoms with Crippen LogP contribution in [-0.4, -0.2) is 43.2 Å². The summed E-state index contributed by atoms with van der Waals surface area (Å²) >= 11 is 0. The van der Waals surface area contributed by atoms with Crippen molar-refractivity contribution in [2.45, 2.75) is 23.9 Å². The van der Waals surface area contributed by atoms with Crippen molar-refractivity contribution in [2.24, 2.45) is 5.73 Å². The number of carbonyl (C=O) groups excluding carboxylic acids is 2. The third-order valence-corrected chi connectivity index (χ3v) is 4.45. The summed E-state index contributed by atoms with van der Waals surface area (Å²) in [5.74, 6) is -0.982. The maximum atomic E-state index is 12.1. The van der Waals surface area contributed by atoms with E-state index in [-0.39, 0.29) is 17.9 Å². The van der Waals surface area contributed by atoms with E-state index in [9.17, 15) is 18.0 Å². The number of likely N-dealkylation sites (tertiary alicyclic amines) is 1. The number of imide groups is 1. The Hall–Kier alpha value is -1.84. The molecule has 1 aromatic heterocycles. The number of amides is 2. The van der Waals surface area contributed by atoms with Crippen molar-refractivity contribution in [3.8, 4) is 0 Å². The molecule has 0 spiro atoms. The standard InChI is InChI=1S/C11H14N4O4S/c1-15-10(16)4-9(11(15)17)14-20(18,19)8-3-2-7(5-12)13-6-8/h2-3,6,9,14H,4-5,12H2,1H3. The summed E-state index contributed by atoms with van der Waals surface area (Å²) in [5, 5.41) is 0. The predicted molar refractivity (Wildman–Crippen MR) is 68.6 cm³/mol. The molecular formula is C11H14N4O4S. The number of rotatable bonds is 4. The molecule has 2 rings (SSSR count). The van der Waals surface area contributed by atoms with Crippen LogP contribution in [0.5, 0.6) is 0 Å². The van der Waals surface area contributed by atoms with E-state index in [4.69, 9.17) is 5.73 Å². The molecule has 2 amide bonds. The van der Waals surface area contributed by atoms with Crippen molar-refractivity contribution in [3.63, 3.8) is 0 Å². The van der Waals surface area contributed by atoms with Gasteiger partial charge in [0.05, 0.1) is 12.1 Å². The van der Waals surface area contributed by atoms with Gasteiger partial charge in [0.2, 0.25) is 21.8 Å². The second kappa shape index (κ2) is 5.27. The molecule has 1 atom stereocenters. The minimum Gasteiger partial charge on any atom is -0.325 e. The molecule has 1 aliphatic rings. The Morgan fingerprint density at radius 3 is 2.60 bits per heavy atom. The predicted octanol–water partition coefficient (Wildman–Crippen LogP) is -1.42. The molecule has 1 saturated heterocycles. The van der Waals surface area contributed by atoms with Crippen LogP contribution in [0.3, 0.4) is 0 Å². The molecule has 0 aliphatic carbocycles. The van der Waals surface area contributed by atoms with Crippen molar-refractivity contribution in [1.82, 2.24) is 14.6 Å². The van der Waals surface area contributed by atoms with Gasteiger partial charge in [0, 0.05) is 19.8 Å². The highest BCUT2D eigenvalue weighted by Gasteiger charge is 2.38. The minimum absolute atomic E-state index is 0.0792. The first-order valence-corrected chi connectivity index (χ1v) is 7.31. The molecule has 1 aromatic rings. The van der Waals surface area contributed by atoms with Gasteiger partial charge in [-0.3, -0.25) is 19.5 Å². The number of hydrogen-bond donors (Lipinski definition) is 2. The lowest BCUT2D eigenvalue weighted by Gasteiger charge is -2.11. The van der Waals surface area contributed by atoms with Gasteiger partial charge in [-0.25, -0.2) is 8.42 Å². The van der Waals surface area contributed by atoms with Crippen molar-refractivity contribution in [3.05, 3.63) is 24.0 Å². The second-order valence-corrected chi connectivity index (χ2v) is 6.07. The monoisotopic (exact) mass is 298 g/mol. The number of nitrogens with two attached hydrogens (primary N) is 1. The van der Waals surface area contributed by atoms with E-state index < -0.39 is 27.9 Å². The average molecular weight is 298 g/mol. The van der Waals surface area contributed by atoms with Gasteiger partial charge in [0.25, 0.3) is 0 Å². The fourth-order valence-electron chi connectivity index (χ4n) is 1.79. The molecule has 0 saturated carbocycles. The number of nitrogens with zero attached hydrogens (tertiary/aromatic N) is 2. The van der Waals surface area contributed by atoms with E-state index in [1.807, 2.05) is 0 Å². The van der Waals surface area contributed by atoms with Crippen LogP contribution < -0.4 is 10.5 Å². The summed E-state index contributed by atoms with van der Waals surface area (Å²) < 4.78 is 26.4. The zero-order valence-electron chi connectivity index (χ0n) is 10.7.